The Hall–Kier alpha value is -2.74. The summed E-state index contributed by atoms with van der Waals surface area (Å²) in [6.45, 7) is -3.01. The second-order valence-electron chi connectivity index (χ2n) is 4.73. The van der Waals surface area contributed by atoms with Crippen LogP contribution in [0.25, 0.3) is 11.3 Å². The van der Waals surface area contributed by atoms with E-state index < -0.39 is 6.61 Å². The average Bonchev–Trinajstić information content (AvgIpc) is 3.15. The molecule has 0 amide bonds. The lowest BCUT2D eigenvalue weighted by Crippen LogP contribution is -2.06. The summed E-state index contributed by atoms with van der Waals surface area (Å²) in [6, 6.07) is 12.2. The summed E-state index contributed by atoms with van der Waals surface area (Å²) in [5.74, 6) is -0.117. The van der Waals surface area contributed by atoms with Gasteiger partial charge in [0.2, 0.25) is 5.75 Å². The van der Waals surface area contributed by atoms with Gasteiger partial charge in [0.05, 0.1) is 4.88 Å². The number of alkyl halides is 2. The Balaban J connectivity index is 2.07. The SMILES string of the molecule is Cn1nc(-c2ccccc2)c(Oc2ccc(C=O)s2)c1OC(F)F. The Morgan fingerprint density at radius 2 is 1.96 bits per heavy atom. The first-order chi connectivity index (χ1) is 11.6. The van der Waals surface area contributed by atoms with Crippen molar-refractivity contribution in [3.63, 3.8) is 0 Å². The second kappa shape index (κ2) is 6.79. The van der Waals surface area contributed by atoms with E-state index in [1.807, 2.05) is 6.07 Å². The molecule has 24 heavy (non-hydrogen) atoms. The van der Waals surface area contributed by atoms with Gasteiger partial charge >= 0.3 is 6.61 Å². The summed E-state index contributed by atoms with van der Waals surface area (Å²) >= 11 is 1.10. The van der Waals surface area contributed by atoms with Gasteiger partial charge in [-0.15, -0.1) is 0 Å². The molecule has 2 heterocycles. The highest BCUT2D eigenvalue weighted by atomic mass is 32.1. The van der Waals surface area contributed by atoms with E-state index in [1.54, 1.807) is 36.4 Å². The van der Waals surface area contributed by atoms with Crippen LogP contribution in [0.3, 0.4) is 0 Å². The lowest BCUT2D eigenvalue weighted by Gasteiger charge is -2.08. The number of carbonyl (C=O) groups is 1. The molecule has 0 fully saturated rings. The Labute approximate surface area is 140 Å². The zero-order valence-electron chi connectivity index (χ0n) is 12.5. The van der Waals surface area contributed by atoms with E-state index in [0.717, 1.165) is 11.3 Å². The van der Waals surface area contributed by atoms with Gasteiger partial charge in [0.25, 0.3) is 5.88 Å². The van der Waals surface area contributed by atoms with Gasteiger partial charge in [0.1, 0.15) is 5.69 Å². The minimum absolute atomic E-state index is 0.0725. The van der Waals surface area contributed by atoms with Crippen molar-refractivity contribution in [3.8, 4) is 28.0 Å². The van der Waals surface area contributed by atoms with Crippen LogP contribution in [0.15, 0.2) is 42.5 Å². The summed E-state index contributed by atoms with van der Waals surface area (Å²) in [5, 5.41) is 4.60. The Morgan fingerprint density at radius 1 is 1.21 bits per heavy atom. The van der Waals surface area contributed by atoms with E-state index in [0.29, 0.717) is 27.5 Å². The van der Waals surface area contributed by atoms with Gasteiger partial charge in [0.15, 0.2) is 11.3 Å². The van der Waals surface area contributed by atoms with E-state index in [1.165, 1.54) is 11.7 Å². The van der Waals surface area contributed by atoms with Gasteiger partial charge in [-0.05, 0) is 12.1 Å². The van der Waals surface area contributed by atoms with Crippen LogP contribution >= 0.6 is 11.3 Å². The molecule has 0 saturated carbocycles. The quantitative estimate of drug-likeness (QED) is 0.620. The third-order valence-corrected chi connectivity index (χ3v) is 4.01. The third-order valence-electron chi connectivity index (χ3n) is 3.12. The molecule has 8 heteroatoms. The summed E-state index contributed by atoms with van der Waals surface area (Å²) in [6.07, 6.45) is 0.690. The number of hydrogen-bond acceptors (Lipinski definition) is 5. The van der Waals surface area contributed by atoms with Gasteiger partial charge in [-0.1, -0.05) is 41.7 Å². The number of aromatic nitrogens is 2. The van der Waals surface area contributed by atoms with Crippen molar-refractivity contribution >= 4 is 17.6 Å². The van der Waals surface area contributed by atoms with Crippen LogP contribution in [0.5, 0.6) is 16.7 Å². The van der Waals surface area contributed by atoms with Crippen molar-refractivity contribution in [2.75, 3.05) is 0 Å². The Kier molecular flexibility index (Phi) is 4.57. The zero-order valence-corrected chi connectivity index (χ0v) is 13.3. The maximum atomic E-state index is 12.7. The number of benzene rings is 1. The molecule has 3 aromatic rings. The topological polar surface area (TPSA) is 53.4 Å². The van der Waals surface area contributed by atoms with E-state index >= 15 is 0 Å². The maximum absolute atomic E-state index is 12.7. The van der Waals surface area contributed by atoms with Crippen LogP contribution in [0.1, 0.15) is 9.67 Å². The van der Waals surface area contributed by atoms with E-state index in [9.17, 15) is 13.6 Å². The molecule has 0 aliphatic carbocycles. The number of halogens is 2. The minimum atomic E-state index is -3.01. The van der Waals surface area contributed by atoms with Gasteiger partial charge in [-0.3, -0.25) is 4.79 Å². The van der Waals surface area contributed by atoms with Crippen molar-refractivity contribution in [2.45, 2.75) is 6.61 Å². The molecular weight excluding hydrogens is 338 g/mol. The molecule has 2 aromatic heterocycles. The zero-order chi connectivity index (χ0) is 17.1. The molecule has 3 rings (SSSR count). The van der Waals surface area contributed by atoms with Crippen molar-refractivity contribution in [1.82, 2.24) is 9.78 Å². The molecule has 5 nitrogen and oxygen atoms in total. The Bertz CT molecular complexity index is 846. The molecule has 0 aliphatic heterocycles. The van der Waals surface area contributed by atoms with E-state index in [-0.39, 0.29) is 11.6 Å². The molecule has 0 saturated heterocycles. The summed E-state index contributed by atoms with van der Waals surface area (Å²) in [4.78, 5) is 11.3. The fourth-order valence-corrected chi connectivity index (χ4v) is 2.81. The van der Waals surface area contributed by atoms with Gasteiger partial charge in [0, 0.05) is 12.6 Å². The highest BCUT2D eigenvalue weighted by molar-refractivity contribution is 7.15. The van der Waals surface area contributed by atoms with E-state index in [2.05, 4.69) is 9.84 Å². The fraction of sp³-hybridized carbons (Fsp3) is 0.125. The van der Waals surface area contributed by atoms with Crippen molar-refractivity contribution in [1.29, 1.82) is 0 Å². The number of aryl methyl sites for hydroxylation is 1. The average molecular weight is 350 g/mol. The highest BCUT2D eigenvalue weighted by Gasteiger charge is 2.24. The number of hydrogen-bond donors (Lipinski definition) is 0. The second-order valence-corrected chi connectivity index (χ2v) is 5.81. The first-order valence-electron chi connectivity index (χ1n) is 6.88. The first-order valence-corrected chi connectivity index (χ1v) is 7.70. The predicted molar refractivity (Wildman–Crippen MR) is 85.1 cm³/mol. The van der Waals surface area contributed by atoms with Crippen LogP contribution in [-0.4, -0.2) is 22.7 Å². The number of aldehydes is 1. The fourth-order valence-electron chi connectivity index (χ4n) is 2.13. The molecule has 1 aromatic carbocycles. The number of carbonyl (C=O) groups excluding carboxylic acids is 1. The van der Waals surface area contributed by atoms with Crippen LogP contribution < -0.4 is 9.47 Å². The molecule has 0 N–H and O–H groups in total. The Morgan fingerprint density at radius 3 is 2.58 bits per heavy atom. The lowest BCUT2D eigenvalue weighted by atomic mass is 10.1. The smallest absolute Gasteiger partial charge is 0.388 e. The van der Waals surface area contributed by atoms with Crippen molar-refractivity contribution in [2.24, 2.45) is 7.05 Å². The maximum Gasteiger partial charge on any atom is 0.388 e. The first kappa shape index (κ1) is 16.1. The molecule has 0 radical (unpaired) electrons. The largest absolute Gasteiger partial charge is 0.439 e. The van der Waals surface area contributed by atoms with Gasteiger partial charge in [-0.2, -0.15) is 13.9 Å². The molecule has 124 valence electrons. The van der Waals surface area contributed by atoms with Crippen LogP contribution in [-0.2, 0) is 7.05 Å². The molecule has 0 spiro atoms. The van der Waals surface area contributed by atoms with Crippen LogP contribution in [0.4, 0.5) is 8.78 Å². The number of ether oxygens (including phenoxy) is 2. The van der Waals surface area contributed by atoms with Crippen molar-refractivity contribution < 1.29 is 23.0 Å². The summed E-state index contributed by atoms with van der Waals surface area (Å²) < 4.78 is 36.9. The van der Waals surface area contributed by atoms with Gasteiger partial charge in [-0.25, -0.2) is 4.68 Å². The lowest BCUT2D eigenvalue weighted by molar-refractivity contribution is -0.0564. The minimum Gasteiger partial charge on any atom is -0.439 e. The molecule has 0 bridgehead atoms. The van der Waals surface area contributed by atoms with Crippen LogP contribution in [0.2, 0.25) is 0 Å². The van der Waals surface area contributed by atoms with Crippen molar-refractivity contribution in [3.05, 3.63) is 47.3 Å². The highest BCUT2D eigenvalue weighted by Crippen LogP contribution is 2.42. The number of nitrogens with zero attached hydrogens (tertiary/aromatic N) is 2. The van der Waals surface area contributed by atoms with Gasteiger partial charge < -0.3 is 9.47 Å². The number of rotatable bonds is 6. The monoisotopic (exact) mass is 350 g/mol. The van der Waals surface area contributed by atoms with E-state index in [4.69, 9.17) is 4.74 Å². The molecular formula is C16H12F2N2O3S. The normalized spacial score (nSPS) is 10.8. The summed E-state index contributed by atoms with van der Waals surface area (Å²) in [7, 11) is 1.49. The molecule has 0 aliphatic rings. The third kappa shape index (κ3) is 3.28. The standard InChI is InChI=1S/C16H12F2N2O3S/c1-20-15(23-16(17)18)14(22-12-8-7-11(9-21)24-12)13(19-20)10-5-3-2-4-6-10/h2-9,16H,1H3. The predicted octanol–water partition coefficient (Wildman–Crippen LogP) is 4.35. The molecule has 0 unspecified atom stereocenters. The number of thiophene rings is 1. The molecule has 0 atom stereocenters. The summed E-state index contributed by atoms with van der Waals surface area (Å²) in [5.41, 5.74) is 1.06. The van der Waals surface area contributed by atoms with Crippen LogP contribution in [0, 0.1) is 0 Å².